The molecular weight excluding hydrogens is 230 g/mol. The Kier molecular flexibility index (Phi) is 7.22. The minimum atomic E-state index is 0.0231. The van der Waals surface area contributed by atoms with Gasteiger partial charge in [0.2, 0.25) is 0 Å². The van der Waals surface area contributed by atoms with Gasteiger partial charge in [-0.15, -0.1) is 0 Å². The fraction of sp³-hybridized carbons (Fsp3) is 0.571. The molecule has 0 aromatic heterocycles. The summed E-state index contributed by atoms with van der Waals surface area (Å²) in [5.74, 6) is 1.66. The normalized spacial score (nSPS) is 12.2. The van der Waals surface area contributed by atoms with Crippen LogP contribution in [0.2, 0.25) is 0 Å². The van der Waals surface area contributed by atoms with E-state index in [-0.39, 0.29) is 6.10 Å². The molecule has 0 bridgehead atoms. The maximum atomic E-state index is 5.86. The number of hydrogen-bond donors (Lipinski definition) is 1. The van der Waals surface area contributed by atoms with Crippen molar-refractivity contribution in [3.05, 3.63) is 24.3 Å². The van der Waals surface area contributed by atoms with E-state index in [1.165, 1.54) is 0 Å². The molecular formula is C14H23NO3. The minimum absolute atomic E-state index is 0.0231. The molecule has 4 heteroatoms. The Balaban J connectivity index is 2.47. The first-order chi connectivity index (χ1) is 8.80. The van der Waals surface area contributed by atoms with Crippen LogP contribution in [-0.2, 0) is 4.74 Å². The monoisotopic (exact) mass is 253 g/mol. The van der Waals surface area contributed by atoms with Crippen LogP contribution in [0.4, 0.5) is 0 Å². The summed E-state index contributed by atoms with van der Waals surface area (Å²) in [5, 5.41) is 3.33. The van der Waals surface area contributed by atoms with E-state index in [1.54, 1.807) is 14.2 Å². The Hall–Kier alpha value is -1.26. The lowest BCUT2D eigenvalue weighted by molar-refractivity contribution is 0.0807. The number of benzene rings is 1. The van der Waals surface area contributed by atoms with Crippen LogP contribution in [0.3, 0.4) is 0 Å². The van der Waals surface area contributed by atoms with Crippen LogP contribution >= 0.6 is 0 Å². The lowest BCUT2D eigenvalue weighted by Gasteiger charge is -2.19. The molecule has 0 radical (unpaired) electrons. The number of hydrogen-bond acceptors (Lipinski definition) is 4. The van der Waals surface area contributed by atoms with Gasteiger partial charge in [0, 0.05) is 13.7 Å². The molecule has 1 N–H and O–H groups in total. The molecule has 1 rings (SSSR count). The first-order valence-electron chi connectivity index (χ1n) is 6.30. The lowest BCUT2D eigenvalue weighted by atomic mass is 10.3. The quantitative estimate of drug-likeness (QED) is 0.684. The summed E-state index contributed by atoms with van der Waals surface area (Å²) in [7, 11) is 3.34. The Labute approximate surface area is 109 Å². The molecule has 1 atom stereocenters. The predicted molar refractivity (Wildman–Crippen MR) is 72.4 cm³/mol. The van der Waals surface area contributed by atoms with Gasteiger partial charge in [0.1, 0.15) is 17.6 Å². The molecule has 102 valence electrons. The highest BCUT2D eigenvalue weighted by Crippen LogP contribution is 2.18. The average molecular weight is 253 g/mol. The standard InChI is InChI=1S/C14H23NO3/c1-4-9-15-10-14(11-16-2)18-13-7-5-12(17-3)6-8-13/h5-8,14-15H,4,9-11H2,1-3H3. The van der Waals surface area contributed by atoms with Crippen molar-refractivity contribution in [3.8, 4) is 11.5 Å². The molecule has 0 spiro atoms. The molecule has 18 heavy (non-hydrogen) atoms. The first kappa shape index (κ1) is 14.8. The number of methoxy groups -OCH3 is 2. The Morgan fingerprint density at radius 3 is 2.33 bits per heavy atom. The topological polar surface area (TPSA) is 39.7 Å². The molecule has 1 aromatic carbocycles. The second-order valence-electron chi connectivity index (χ2n) is 4.07. The van der Waals surface area contributed by atoms with E-state index in [9.17, 15) is 0 Å². The van der Waals surface area contributed by atoms with Gasteiger partial charge in [-0.1, -0.05) is 6.92 Å². The second-order valence-corrected chi connectivity index (χ2v) is 4.07. The molecule has 4 nitrogen and oxygen atoms in total. The highest BCUT2D eigenvalue weighted by molar-refractivity contribution is 5.31. The van der Waals surface area contributed by atoms with E-state index in [0.29, 0.717) is 6.61 Å². The molecule has 0 saturated heterocycles. The van der Waals surface area contributed by atoms with Crippen molar-refractivity contribution < 1.29 is 14.2 Å². The van der Waals surface area contributed by atoms with Gasteiger partial charge in [0.15, 0.2) is 0 Å². The summed E-state index contributed by atoms with van der Waals surface area (Å²) in [6.45, 7) is 4.49. The van der Waals surface area contributed by atoms with Gasteiger partial charge in [-0.25, -0.2) is 0 Å². The zero-order valence-electron chi connectivity index (χ0n) is 11.4. The molecule has 0 fully saturated rings. The molecule has 0 aliphatic heterocycles. The molecule has 1 aromatic rings. The van der Waals surface area contributed by atoms with Crippen molar-refractivity contribution in [1.82, 2.24) is 5.32 Å². The molecule has 0 saturated carbocycles. The number of nitrogens with one attached hydrogen (secondary N) is 1. The third kappa shape index (κ3) is 5.38. The largest absolute Gasteiger partial charge is 0.497 e. The maximum Gasteiger partial charge on any atom is 0.134 e. The third-order valence-electron chi connectivity index (χ3n) is 2.51. The number of ether oxygens (including phenoxy) is 3. The Bertz CT molecular complexity index is 313. The summed E-state index contributed by atoms with van der Waals surface area (Å²) in [5.41, 5.74) is 0. The Morgan fingerprint density at radius 2 is 1.78 bits per heavy atom. The maximum absolute atomic E-state index is 5.86. The van der Waals surface area contributed by atoms with Crippen LogP contribution in [0.15, 0.2) is 24.3 Å². The predicted octanol–water partition coefficient (Wildman–Crippen LogP) is 2.09. The van der Waals surface area contributed by atoms with Gasteiger partial charge in [0.25, 0.3) is 0 Å². The van der Waals surface area contributed by atoms with Crippen molar-refractivity contribution in [2.45, 2.75) is 19.4 Å². The summed E-state index contributed by atoms with van der Waals surface area (Å²) >= 11 is 0. The van der Waals surface area contributed by atoms with E-state index >= 15 is 0 Å². The van der Waals surface area contributed by atoms with E-state index in [1.807, 2.05) is 24.3 Å². The van der Waals surface area contributed by atoms with Crippen molar-refractivity contribution in [1.29, 1.82) is 0 Å². The Morgan fingerprint density at radius 1 is 1.11 bits per heavy atom. The van der Waals surface area contributed by atoms with Crippen LogP contribution in [0, 0.1) is 0 Å². The highest BCUT2D eigenvalue weighted by atomic mass is 16.5. The van der Waals surface area contributed by atoms with E-state index in [0.717, 1.165) is 31.0 Å². The van der Waals surface area contributed by atoms with Crippen LogP contribution in [0.25, 0.3) is 0 Å². The van der Waals surface area contributed by atoms with Crippen LogP contribution in [0.1, 0.15) is 13.3 Å². The van der Waals surface area contributed by atoms with Crippen molar-refractivity contribution >= 4 is 0 Å². The first-order valence-corrected chi connectivity index (χ1v) is 6.30. The highest BCUT2D eigenvalue weighted by Gasteiger charge is 2.09. The van der Waals surface area contributed by atoms with E-state index in [2.05, 4.69) is 12.2 Å². The van der Waals surface area contributed by atoms with Gasteiger partial charge in [-0.2, -0.15) is 0 Å². The molecule has 0 aliphatic carbocycles. The molecule has 0 amide bonds. The minimum Gasteiger partial charge on any atom is -0.497 e. The summed E-state index contributed by atoms with van der Waals surface area (Å²) < 4.78 is 16.1. The van der Waals surface area contributed by atoms with Crippen LogP contribution in [0.5, 0.6) is 11.5 Å². The zero-order valence-corrected chi connectivity index (χ0v) is 11.4. The van der Waals surface area contributed by atoms with Gasteiger partial charge in [0.05, 0.1) is 13.7 Å². The van der Waals surface area contributed by atoms with Gasteiger partial charge < -0.3 is 19.5 Å². The molecule has 1 unspecified atom stereocenters. The second kappa shape index (κ2) is 8.78. The van der Waals surface area contributed by atoms with E-state index < -0.39 is 0 Å². The van der Waals surface area contributed by atoms with Gasteiger partial charge in [-0.3, -0.25) is 0 Å². The van der Waals surface area contributed by atoms with E-state index in [4.69, 9.17) is 14.2 Å². The molecule has 0 heterocycles. The summed E-state index contributed by atoms with van der Waals surface area (Å²) in [4.78, 5) is 0. The lowest BCUT2D eigenvalue weighted by Crippen LogP contribution is -2.35. The fourth-order valence-corrected chi connectivity index (χ4v) is 1.61. The van der Waals surface area contributed by atoms with Crippen molar-refractivity contribution in [2.75, 3.05) is 33.9 Å². The van der Waals surface area contributed by atoms with Crippen LogP contribution < -0.4 is 14.8 Å². The van der Waals surface area contributed by atoms with Gasteiger partial charge >= 0.3 is 0 Å². The molecule has 0 aliphatic rings. The summed E-state index contributed by atoms with van der Waals surface area (Å²) in [6.07, 6.45) is 1.14. The zero-order chi connectivity index (χ0) is 13.2. The van der Waals surface area contributed by atoms with Gasteiger partial charge in [-0.05, 0) is 37.2 Å². The smallest absolute Gasteiger partial charge is 0.134 e. The fourth-order valence-electron chi connectivity index (χ4n) is 1.61. The van der Waals surface area contributed by atoms with Crippen LogP contribution in [-0.4, -0.2) is 40.0 Å². The average Bonchev–Trinajstić information content (AvgIpc) is 2.40. The third-order valence-corrected chi connectivity index (χ3v) is 2.51. The SMILES string of the molecule is CCCNCC(COC)Oc1ccc(OC)cc1. The van der Waals surface area contributed by atoms with Crippen molar-refractivity contribution in [2.24, 2.45) is 0 Å². The van der Waals surface area contributed by atoms with Crippen molar-refractivity contribution in [3.63, 3.8) is 0 Å². The summed E-state index contributed by atoms with van der Waals surface area (Å²) in [6, 6.07) is 7.58. The number of rotatable bonds is 9.